The largest absolute Gasteiger partial charge is 0.377 e. The number of rotatable bonds is 6. The van der Waals surface area contributed by atoms with Crippen LogP contribution in [0.1, 0.15) is 5.56 Å². The van der Waals surface area contributed by atoms with Crippen LogP contribution in [0.15, 0.2) is 30.3 Å². The number of carbonyl (C=O) groups is 1. The topological polar surface area (TPSA) is 35.5 Å². The Morgan fingerprint density at radius 1 is 1.21 bits per heavy atom. The van der Waals surface area contributed by atoms with E-state index in [1.165, 1.54) is 7.11 Å². The van der Waals surface area contributed by atoms with Crippen LogP contribution >= 0.6 is 0 Å². The molecule has 0 saturated heterocycles. The van der Waals surface area contributed by atoms with Crippen LogP contribution in [0.3, 0.4) is 0 Å². The Hall–Kier alpha value is -1.19. The summed E-state index contributed by atoms with van der Waals surface area (Å²) >= 11 is 0. The van der Waals surface area contributed by atoms with Crippen LogP contribution in [-0.4, -0.2) is 26.1 Å². The fraction of sp³-hybridized carbons (Fsp3) is 0.364. The summed E-state index contributed by atoms with van der Waals surface area (Å²) in [6.07, 6.45) is 0. The Morgan fingerprint density at radius 2 is 1.93 bits per heavy atom. The first-order valence-electron chi connectivity index (χ1n) is 4.45. The number of carbonyl (C=O) groups excluding carboxylic acids is 1. The van der Waals surface area contributed by atoms with Crippen LogP contribution in [-0.2, 0) is 20.9 Å². The Kier molecular flexibility index (Phi) is 4.89. The van der Waals surface area contributed by atoms with Crippen molar-refractivity contribution in [1.29, 1.82) is 0 Å². The normalized spacial score (nSPS) is 10.1. The van der Waals surface area contributed by atoms with Crippen LogP contribution in [0.4, 0.5) is 0 Å². The van der Waals surface area contributed by atoms with Crippen molar-refractivity contribution in [3.05, 3.63) is 35.9 Å². The maximum atomic E-state index is 11.0. The van der Waals surface area contributed by atoms with Crippen LogP contribution < -0.4 is 0 Å². The Labute approximate surface area is 83.6 Å². The van der Waals surface area contributed by atoms with Gasteiger partial charge in [-0.05, 0) is 5.56 Å². The second-order valence-corrected chi connectivity index (χ2v) is 2.95. The van der Waals surface area contributed by atoms with E-state index < -0.39 is 0 Å². The van der Waals surface area contributed by atoms with Gasteiger partial charge in [0, 0.05) is 7.11 Å². The van der Waals surface area contributed by atoms with Gasteiger partial charge in [-0.15, -0.1) is 0 Å². The molecule has 0 atom stereocenters. The fourth-order valence-corrected chi connectivity index (χ4v) is 1.06. The molecule has 0 aromatic heterocycles. The minimum absolute atomic E-state index is 0.0385. The summed E-state index contributed by atoms with van der Waals surface area (Å²) < 4.78 is 9.88. The molecule has 0 fully saturated rings. The van der Waals surface area contributed by atoms with Crippen LogP contribution in [0, 0.1) is 0 Å². The third-order valence-electron chi connectivity index (χ3n) is 1.68. The van der Waals surface area contributed by atoms with Crippen molar-refractivity contribution < 1.29 is 14.3 Å². The molecule has 1 aromatic carbocycles. The summed E-state index contributed by atoms with van der Waals surface area (Å²) in [5.41, 5.74) is 1.07. The van der Waals surface area contributed by atoms with Gasteiger partial charge in [0.25, 0.3) is 0 Å². The number of ether oxygens (including phenoxy) is 2. The zero-order chi connectivity index (χ0) is 10.2. The monoisotopic (exact) mass is 194 g/mol. The Balaban J connectivity index is 2.19. The Bertz CT molecular complexity index is 269. The van der Waals surface area contributed by atoms with Gasteiger partial charge in [-0.25, -0.2) is 0 Å². The minimum atomic E-state index is -0.0385. The number of hydrogen-bond acceptors (Lipinski definition) is 3. The lowest BCUT2D eigenvalue weighted by Gasteiger charge is -2.02. The predicted molar refractivity (Wildman–Crippen MR) is 53.0 cm³/mol. The van der Waals surface area contributed by atoms with Crippen LogP contribution in [0.5, 0.6) is 0 Å². The van der Waals surface area contributed by atoms with E-state index in [1.54, 1.807) is 0 Å². The number of Topliss-reactive ketones (excluding diaryl/α,β-unsaturated/α-hetero) is 1. The lowest BCUT2D eigenvalue weighted by molar-refractivity contribution is -0.127. The average molecular weight is 194 g/mol. The molecule has 0 spiro atoms. The molecule has 1 aromatic rings. The maximum Gasteiger partial charge on any atom is 0.183 e. The van der Waals surface area contributed by atoms with Crippen molar-refractivity contribution in [2.75, 3.05) is 20.3 Å². The van der Waals surface area contributed by atoms with Gasteiger partial charge in [-0.3, -0.25) is 4.79 Å². The quantitative estimate of drug-likeness (QED) is 0.687. The van der Waals surface area contributed by atoms with Gasteiger partial charge in [-0.2, -0.15) is 0 Å². The lowest BCUT2D eigenvalue weighted by atomic mass is 10.2. The van der Waals surface area contributed by atoms with Crippen molar-refractivity contribution in [2.45, 2.75) is 6.61 Å². The highest BCUT2D eigenvalue weighted by atomic mass is 16.5. The van der Waals surface area contributed by atoms with E-state index in [0.717, 1.165) is 5.56 Å². The van der Waals surface area contributed by atoms with Crippen molar-refractivity contribution in [3.63, 3.8) is 0 Å². The van der Waals surface area contributed by atoms with Gasteiger partial charge in [0.1, 0.15) is 13.2 Å². The number of benzene rings is 1. The van der Waals surface area contributed by atoms with Gasteiger partial charge >= 0.3 is 0 Å². The fourth-order valence-electron chi connectivity index (χ4n) is 1.06. The van der Waals surface area contributed by atoms with Gasteiger partial charge in [0.05, 0.1) is 6.61 Å². The molecule has 0 bridgehead atoms. The first-order chi connectivity index (χ1) is 6.83. The summed E-state index contributed by atoms with van der Waals surface area (Å²) in [7, 11) is 1.50. The highest BCUT2D eigenvalue weighted by Gasteiger charge is 2.00. The molecule has 3 nitrogen and oxygen atoms in total. The smallest absolute Gasteiger partial charge is 0.183 e. The molecule has 3 heteroatoms. The molecular weight excluding hydrogens is 180 g/mol. The molecule has 0 amide bonds. The molecule has 0 aliphatic carbocycles. The molecular formula is C11H14O3. The first-order valence-corrected chi connectivity index (χ1v) is 4.45. The number of methoxy groups -OCH3 is 1. The van der Waals surface area contributed by atoms with Crippen LogP contribution in [0.25, 0.3) is 0 Å². The van der Waals surface area contributed by atoms with E-state index in [2.05, 4.69) is 4.74 Å². The highest BCUT2D eigenvalue weighted by Crippen LogP contribution is 1.99. The van der Waals surface area contributed by atoms with Crippen molar-refractivity contribution >= 4 is 5.78 Å². The molecule has 0 saturated carbocycles. The van der Waals surface area contributed by atoms with Crippen molar-refractivity contribution in [2.24, 2.45) is 0 Å². The van der Waals surface area contributed by atoms with Gasteiger partial charge < -0.3 is 9.47 Å². The molecule has 0 N–H and O–H groups in total. The molecule has 76 valence electrons. The standard InChI is InChI=1S/C11H14O3/c1-13-8-11(12)9-14-7-10-5-3-2-4-6-10/h2-6H,7-9H2,1H3. The molecule has 0 heterocycles. The van der Waals surface area contributed by atoms with E-state index in [1.807, 2.05) is 30.3 Å². The molecule has 14 heavy (non-hydrogen) atoms. The zero-order valence-electron chi connectivity index (χ0n) is 8.23. The van der Waals surface area contributed by atoms with Crippen LogP contribution in [0.2, 0.25) is 0 Å². The third-order valence-corrected chi connectivity index (χ3v) is 1.68. The SMILES string of the molecule is COCC(=O)COCc1ccccc1. The van der Waals surface area contributed by atoms with Gasteiger partial charge in [-0.1, -0.05) is 30.3 Å². The molecule has 1 rings (SSSR count). The summed E-state index contributed by atoms with van der Waals surface area (Å²) in [5.74, 6) is -0.0385. The number of hydrogen-bond donors (Lipinski definition) is 0. The summed E-state index contributed by atoms with van der Waals surface area (Å²) in [4.78, 5) is 11.0. The molecule has 0 aliphatic rings. The molecule has 0 aliphatic heterocycles. The van der Waals surface area contributed by atoms with Crippen molar-refractivity contribution in [3.8, 4) is 0 Å². The summed E-state index contributed by atoms with van der Waals surface area (Å²) in [6.45, 7) is 0.702. The second kappa shape index (κ2) is 6.29. The van der Waals surface area contributed by atoms with E-state index >= 15 is 0 Å². The second-order valence-electron chi connectivity index (χ2n) is 2.95. The van der Waals surface area contributed by atoms with E-state index in [9.17, 15) is 4.79 Å². The lowest BCUT2D eigenvalue weighted by Crippen LogP contribution is -2.13. The highest BCUT2D eigenvalue weighted by molar-refractivity contribution is 5.80. The van der Waals surface area contributed by atoms with E-state index in [4.69, 9.17) is 4.74 Å². The first kappa shape index (κ1) is 10.9. The van der Waals surface area contributed by atoms with Crippen molar-refractivity contribution in [1.82, 2.24) is 0 Å². The number of ketones is 1. The summed E-state index contributed by atoms with van der Waals surface area (Å²) in [5, 5.41) is 0. The van der Waals surface area contributed by atoms with E-state index in [-0.39, 0.29) is 19.0 Å². The molecule has 0 unspecified atom stereocenters. The molecule has 0 radical (unpaired) electrons. The zero-order valence-corrected chi connectivity index (χ0v) is 8.23. The third kappa shape index (κ3) is 4.16. The summed E-state index contributed by atoms with van der Waals surface area (Å²) in [6, 6.07) is 9.74. The Morgan fingerprint density at radius 3 is 2.57 bits per heavy atom. The van der Waals surface area contributed by atoms with Gasteiger partial charge in [0.2, 0.25) is 0 Å². The predicted octanol–water partition coefficient (Wildman–Crippen LogP) is 1.42. The maximum absolute atomic E-state index is 11.0. The van der Waals surface area contributed by atoms with E-state index in [0.29, 0.717) is 6.61 Å². The minimum Gasteiger partial charge on any atom is -0.377 e. The van der Waals surface area contributed by atoms with Gasteiger partial charge in [0.15, 0.2) is 5.78 Å². The average Bonchev–Trinajstić information content (AvgIpc) is 2.20.